The van der Waals surface area contributed by atoms with Crippen LogP contribution in [0.2, 0.25) is 0 Å². The van der Waals surface area contributed by atoms with Gasteiger partial charge in [0.1, 0.15) is 11.4 Å². The fraction of sp³-hybridized carbons (Fsp3) is 0.0714. The van der Waals surface area contributed by atoms with Crippen LogP contribution in [0.4, 0.5) is 4.39 Å². The molecule has 0 atom stereocenters. The summed E-state index contributed by atoms with van der Waals surface area (Å²) in [4.78, 5) is 14.9. The topological polar surface area (TPSA) is 63.0 Å². The number of benzene rings is 1. The quantitative estimate of drug-likeness (QED) is 0.791. The maximum atomic E-state index is 13.6. The largest absolute Gasteiger partial charge is 0.453 e. The van der Waals surface area contributed by atoms with Crippen molar-refractivity contribution in [3.63, 3.8) is 0 Å². The standard InChI is InChI=1S/C14H9FN2O2/c1-9(18)13-4-3-11(8-17-13)19-14-5-2-10(7-16)6-12(14)15/h2-6,8H,1H3. The summed E-state index contributed by atoms with van der Waals surface area (Å²) in [6.45, 7) is 1.41. The summed E-state index contributed by atoms with van der Waals surface area (Å²) in [5, 5.41) is 8.63. The number of carbonyl (C=O) groups excluding carboxylic acids is 1. The molecule has 1 aromatic heterocycles. The normalized spacial score (nSPS) is 9.74. The number of hydrogen-bond acceptors (Lipinski definition) is 4. The zero-order chi connectivity index (χ0) is 13.8. The van der Waals surface area contributed by atoms with Crippen LogP contribution in [0.15, 0.2) is 36.5 Å². The summed E-state index contributed by atoms with van der Waals surface area (Å²) >= 11 is 0. The van der Waals surface area contributed by atoms with Gasteiger partial charge in [-0.3, -0.25) is 4.79 Å². The van der Waals surface area contributed by atoms with E-state index >= 15 is 0 Å². The Balaban J connectivity index is 2.22. The zero-order valence-corrected chi connectivity index (χ0v) is 10.1. The number of carbonyl (C=O) groups is 1. The van der Waals surface area contributed by atoms with Crippen molar-refractivity contribution in [2.75, 3.05) is 0 Å². The summed E-state index contributed by atoms with van der Waals surface area (Å²) in [6, 6.07) is 8.77. The Hall–Kier alpha value is -2.74. The van der Waals surface area contributed by atoms with Gasteiger partial charge in [-0.15, -0.1) is 0 Å². The molecule has 0 spiro atoms. The van der Waals surface area contributed by atoms with Crippen LogP contribution in [0.5, 0.6) is 11.5 Å². The van der Waals surface area contributed by atoms with E-state index in [0.29, 0.717) is 11.4 Å². The first-order chi connectivity index (χ1) is 9.10. The average Bonchev–Trinajstić information content (AvgIpc) is 2.41. The minimum atomic E-state index is -0.630. The molecule has 1 heterocycles. The number of ketones is 1. The lowest BCUT2D eigenvalue weighted by atomic mass is 10.2. The number of nitriles is 1. The first kappa shape index (κ1) is 12.7. The highest BCUT2D eigenvalue weighted by Gasteiger charge is 2.07. The van der Waals surface area contributed by atoms with E-state index in [1.807, 2.05) is 6.07 Å². The van der Waals surface area contributed by atoms with Crippen molar-refractivity contribution in [3.8, 4) is 17.6 Å². The Labute approximate surface area is 109 Å². The molecular weight excluding hydrogens is 247 g/mol. The van der Waals surface area contributed by atoms with E-state index < -0.39 is 5.82 Å². The number of halogens is 1. The second kappa shape index (κ2) is 5.27. The van der Waals surface area contributed by atoms with Crippen molar-refractivity contribution in [2.45, 2.75) is 6.92 Å². The highest BCUT2D eigenvalue weighted by molar-refractivity contribution is 5.92. The molecule has 0 aliphatic heterocycles. The van der Waals surface area contributed by atoms with E-state index in [2.05, 4.69) is 4.98 Å². The van der Waals surface area contributed by atoms with Crippen molar-refractivity contribution in [1.29, 1.82) is 5.26 Å². The summed E-state index contributed by atoms with van der Waals surface area (Å²) in [5.74, 6) is -0.476. The lowest BCUT2D eigenvalue weighted by Gasteiger charge is -2.06. The summed E-state index contributed by atoms with van der Waals surface area (Å²) in [6.07, 6.45) is 1.34. The molecule has 94 valence electrons. The van der Waals surface area contributed by atoms with E-state index in [0.717, 1.165) is 6.07 Å². The number of hydrogen-bond donors (Lipinski definition) is 0. The van der Waals surface area contributed by atoms with E-state index in [-0.39, 0.29) is 17.1 Å². The fourth-order valence-electron chi connectivity index (χ4n) is 1.43. The minimum Gasteiger partial charge on any atom is -0.453 e. The van der Waals surface area contributed by atoms with Crippen LogP contribution in [-0.4, -0.2) is 10.8 Å². The van der Waals surface area contributed by atoms with Crippen molar-refractivity contribution in [1.82, 2.24) is 4.98 Å². The van der Waals surface area contributed by atoms with Gasteiger partial charge in [0, 0.05) is 6.92 Å². The Morgan fingerprint density at radius 3 is 2.68 bits per heavy atom. The smallest absolute Gasteiger partial charge is 0.178 e. The number of aromatic nitrogens is 1. The van der Waals surface area contributed by atoms with Crippen LogP contribution >= 0.6 is 0 Å². The summed E-state index contributed by atoms with van der Waals surface area (Å²) < 4.78 is 18.9. The third-order valence-electron chi connectivity index (χ3n) is 2.39. The maximum Gasteiger partial charge on any atom is 0.178 e. The highest BCUT2D eigenvalue weighted by Crippen LogP contribution is 2.24. The zero-order valence-electron chi connectivity index (χ0n) is 10.1. The Morgan fingerprint density at radius 2 is 2.16 bits per heavy atom. The van der Waals surface area contributed by atoms with Crippen molar-refractivity contribution >= 4 is 5.78 Å². The Kier molecular flexibility index (Phi) is 3.53. The molecule has 0 fully saturated rings. The van der Waals surface area contributed by atoms with Crippen LogP contribution in [0, 0.1) is 17.1 Å². The molecule has 5 heteroatoms. The Bertz CT molecular complexity index is 660. The molecule has 0 bridgehead atoms. The summed E-state index contributed by atoms with van der Waals surface area (Å²) in [5.41, 5.74) is 0.530. The second-order valence-corrected chi connectivity index (χ2v) is 3.79. The molecule has 0 unspecified atom stereocenters. The second-order valence-electron chi connectivity index (χ2n) is 3.79. The monoisotopic (exact) mass is 256 g/mol. The van der Waals surface area contributed by atoms with Gasteiger partial charge < -0.3 is 4.74 Å². The van der Waals surface area contributed by atoms with Gasteiger partial charge in [0.25, 0.3) is 0 Å². The molecular formula is C14H9FN2O2. The third-order valence-corrected chi connectivity index (χ3v) is 2.39. The predicted molar refractivity (Wildman–Crippen MR) is 65.4 cm³/mol. The predicted octanol–water partition coefficient (Wildman–Crippen LogP) is 3.09. The molecule has 0 aliphatic carbocycles. The lowest BCUT2D eigenvalue weighted by molar-refractivity contribution is 0.101. The van der Waals surface area contributed by atoms with Gasteiger partial charge in [-0.2, -0.15) is 5.26 Å². The van der Waals surface area contributed by atoms with E-state index in [4.69, 9.17) is 10.00 Å². The van der Waals surface area contributed by atoms with Gasteiger partial charge >= 0.3 is 0 Å². The molecule has 0 aliphatic rings. The molecule has 1 aromatic carbocycles. The van der Waals surface area contributed by atoms with E-state index in [1.165, 1.54) is 37.4 Å². The van der Waals surface area contributed by atoms with Crippen molar-refractivity contribution in [2.24, 2.45) is 0 Å². The van der Waals surface area contributed by atoms with Crippen LogP contribution < -0.4 is 4.74 Å². The van der Waals surface area contributed by atoms with Gasteiger partial charge in [-0.25, -0.2) is 9.37 Å². The van der Waals surface area contributed by atoms with Crippen LogP contribution in [0.1, 0.15) is 23.0 Å². The van der Waals surface area contributed by atoms with Crippen LogP contribution in [-0.2, 0) is 0 Å². The van der Waals surface area contributed by atoms with Crippen molar-refractivity contribution in [3.05, 3.63) is 53.6 Å². The average molecular weight is 256 g/mol. The number of nitrogens with zero attached hydrogens (tertiary/aromatic N) is 2. The molecule has 0 saturated heterocycles. The van der Waals surface area contributed by atoms with E-state index in [9.17, 15) is 9.18 Å². The molecule has 0 N–H and O–H groups in total. The number of rotatable bonds is 3. The maximum absolute atomic E-state index is 13.6. The fourth-order valence-corrected chi connectivity index (χ4v) is 1.43. The van der Waals surface area contributed by atoms with Gasteiger partial charge in [-0.1, -0.05) is 0 Å². The van der Waals surface area contributed by atoms with Gasteiger partial charge in [0.15, 0.2) is 17.3 Å². The van der Waals surface area contributed by atoms with Gasteiger partial charge in [0.2, 0.25) is 0 Å². The highest BCUT2D eigenvalue weighted by atomic mass is 19.1. The van der Waals surface area contributed by atoms with Crippen molar-refractivity contribution < 1.29 is 13.9 Å². The molecule has 19 heavy (non-hydrogen) atoms. The molecule has 0 amide bonds. The number of ether oxygens (including phenoxy) is 1. The summed E-state index contributed by atoms with van der Waals surface area (Å²) in [7, 11) is 0. The lowest BCUT2D eigenvalue weighted by Crippen LogP contribution is -1.96. The first-order valence-electron chi connectivity index (χ1n) is 5.44. The molecule has 4 nitrogen and oxygen atoms in total. The third kappa shape index (κ3) is 2.93. The minimum absolute atomic E-state index is 0.00336. The number of pyridine rings is 1. The van der Waals surface area contributed by atoms with Gasteiger partial charge in [0.05, 0.1) is 17.8 Å². The van der Waals surface area contributed by atoms with Crippen LogP contribution in [0.25, 0.3) is 0 Å². The first-order valence-corrected chi connectivity index (χ1v) is 5.44. The molecule has 0 radical (unpaired) electrons. The Morgan fingerprint density at radius 1 is 1.37 bits per heavy atom. The molecule has 0 saturated carbocycles. The van der Waals surface area contributed by atoms with Crippen LogP contribution in [0.3, 0.4) is 0 Å². The molecule has 2 rings (SSSR count). The number of Topliss-reactive ketones (excluding diaryl/α,β-unsaturated/α-hetero) is 1. The molecule has 2 aromatic rings. The van der Waals surface area contributed by atoms with Gasteiger partial charge in [-0.05, 0) is 30.3 Å². The SMILES string of the molecule is CC(=O)c1ccc(Oc2ccc(C#N)cc2F)cn1. The van der Waals surface area contributed by atoms with E-state index in [1.54, 1.807) is 0 Å².